The Labute approximate surface area is 105 Å². The van der Waals surface area contributed by atoms with Crippen LogP contribution in [0.5, 0.6) is 0 Å². The van der Waals surface area contributed by atoms with Crippen molar-refractivity contribution in [2.24, 2.45) is 0 Å². The Morgan fingerprint density at radius 1 is 1.39 bits per heavy atom. The molecule has 1 aliphatic rings. The van der Waals surface area contributed by atoms with Gasteiger partial charge in [-0.05, 0) is 12.5 Å². The average Bonchev–Trinajstić information content (AvgIpc) is 2.60. The van der Waals surface area contributed by atoms with Crippen molar-refractivity contribution >= 4 is 5.69 Å². The third-order valence-electron chi connectivity index (χ3n) is 3.34. The molecule has 0 aliphatic carbocycles. The number of benzene rings is 1. The molecule has 1 fully saturated rings. The van der Waals surface area contributed by atoms with E-state index in [2.05, 4.69) is 0 Å². The molecule has 6 heteroatoms. The Hall–Kier alpha value is -1.50. The molecule has 2 N–H and O–H groups in total. The molecule has 0 aromatic heterocycles. The largest absolute Gasteiger partial charge is 0.389 e. The molecule has 2 atom stereocenters. The number of hydrogen-bond acceptors (Lipinski definition) is 5. The molecule has 18 heavy (non-hydrogen) atoms. The first-order valence-corrected chi connectivity index (χ1v) is 5.80. The highest BCUT2D eigenvalue weighted by molar-refractivity contribution is 5.44. The second-order valence-electron chi connectivity index (χ2n) is 4.65. The van der Waals surface area contributed by atoms with Gasteiger partial charge in [-0.3, -0.25) is 15.0 Å². The molecule has 6 nitrogen and oxygen atoms in total. The van der Waals surface area contributed by atoms with Crippen molar-refractivity contribution in [1.29, 1.82) is 0 Å². The quantitative estimate of drug-likeness (QED) is 0.602. The van der Waals surface area contributed by atoms with Crippen LogP contribution in [0.2, 0.25) is 0 Å². The molecule has 0 spiro atoms. The van der Waals surface area contributed by atoms with Crippen LogP contribution in [0.25, 0.3) is 0 Å². The van der Waals surface area contributed by atoms with Crippen LogP contribution in [0.1, 0.15) is 11.1 Å². The zero-order valence-electron chi connectivity index (χ0n) is 10.1. The lowest BCUT2D eigenvalue weighted by atomic mass is 10.1. The highest BCUT2D eigenvalue weighted by Crippen LogP contribution is 2.23. The Morgan fingerprint density at radius 2 is 2.00 bits per heavy atom. The van der Waals surface area contributed by atoms with Gasteiger partial charge < -0.3 is 10.2 Å². The van der Waals surface area contributed by atoms with Gasteiger partial charge in [0.2, 0.25) is 0 Å². The summed E-state index contributed by atoms with van der Waals surface area (Å²) in [5.41, 5.74) is 1.59. The van der Waals surface area contributed by atoms with Gasteiger partial charge in [0.1, 0.15) is 0 Å². The smallest absolute Gasteiger partial charge is 0.272 e. The van der Waals surface area contributed by atoms with Crippen LogP contribution in [0.4, 0.5) is 5.69 Å². The maximum atomic E-state index is 10.8. The van der Waals surface area contributed by atoms with E-state index < -0.39 is 17.1 Å². The topological polar surface area (TPSA) is 86.8 Å². The molecule has 0 bridgehead atoms. The van der Waals surface area contributed by atoms with Crippen molar-refractivity contribution in [3.63, 3.8) is 0 Å². The van der Waals surface area contributed by atoms with Crippen molar-refractivity contribution < 1.29 is 15.1 Å². The molecule has 2 unspecified atom stereocenters. The van der Waals surface area contributed by atoms with Crippen molar-refractivity contribution in [2.75, 3.05) is 13.1 Å². The standard InChI is InChI=1S/C12H16N2O4/c1-8-9(3-2-4-10(8)14(17)18)5-13-6-11(15)12(16)7-13/h2-4,11-12,15-16H,5-7H2,1H3. The van der Waals surface area contributed by atoms with E-state index >= 15 is 0 Å². The van der Waals surface area contributed by atoms with Gasteiger partial charge in [0.25, 0.3) is 5.69 Å². The molecule has 1 heterocycles. The van der Waals surface area contributed by atoms with E-state index in [1.807, 2.05) is 11.0 Å². The SMILES string of the molecule is Cc1c(CN2CC(O)C(O)C2)cccc1[N+](=O)[O-]. The summed E-state index contributed by atoms with van der Waals surface area (Å²) in [5, 5.41) is 29.7. The lowest BCUT2D eigenvalue weighted by Crippen LogP contribution is -2.22. The fourth-order valence-corrected chi connectivity index (χ4v) is 2.26. The molecule has 0 amide bonds. The van der Waals surface area contributed by atoms with Crippen LogP contribution in [-0.4, -0.2) is 45.3 Å². The fourth-order valence-electron chi connectivity index (χ4n) is 2.26. The maximum Gasteiger partial charge on any atom is 0.272 e. The van der Waals surface area contributed by atoms with Gasteiger partial charge in [0.05, 0.1) is 17.1 Å². The van der Waals surface area contributed by atoms with Gasteiger partial charge in [0.15, 0.2) is 0 Å². The molecule has 1 aromatic rings. The van der Waals surface area contributed by atoms with Crippen molar-refractivity contribution in [2.45, 2.75) is 25.7 Å². The molecular weight excluding hydrogens is 236 g/mol. The summed E-state index contributed by atoms with van der Waals surface area (Å²) in [6.45, 7) is 3.00. The van der Waals surface area contributed by atoms with Crippen LogP contribution >= 0.6 is 0 Å². The van der Waals surface area contributed by atoms with Crippen LogP contribution in [-0.2, 0) is 6.54 Å². The van der Waals surface area contributed by atoms with Crippen LogP contribution in [0.3, 0.4) is 0 Å². The van der Waals surface area contributed by atoms with E-state index in [0.717, 1.165) is 5.56 Å². The molecule has 1 saturated heterocycles. The van der Waals surface area contributed by atoms with E-state index in [9.17, 15) is 20.3 Å². The van der Waals surface area contributed by atoms with Gasteiger partial charge in [-0.15, -0.1) is 0 Å². The van der Waals surface area contributed by atoms with E-state index in [4.69, 9.17) is 0 Å². The number of rotatable bonds is 3. The van der Waals surface area contributed by atoms with Crippen LogP contribution < -0.4 is 0 Å². The van der Waals surface area contributed by atoms with E-state index in [1.165, 1.54) is 6.07 Å². The number of hydrogen-bond donors (Lipinski definition) is 2. The molecule has 2 rings (SSSR count). The summed E-state index contributed by atoms with van der Waals surface area (Å²) in [5.74, 6) is 0. The second kappa shape index (κ2) is 5.01. The highest BCUT2D eigenvalue weighted by Gasteiger charge is 2.29. The molecular formula is C12H16N2O4. The van der Waals surface area contributed by atoms with Crippen molar-refractivity contribution in [3.05, 3.63) is 39.4 Å². The molecule has 1 aromatic carbocycles. The Bertz CT molecular complexity index is 453. The summed E-state index contributed by atoms with van der Waals surface area (Å²) in [7, 11) is 0. The van der Waals surface area contributed by atoms with Crippen molar-refractivity contribution in [1.82, 2.24) is 4.90 Å². The predicted octanol–water partition coefficient (Wildman–Crippen LogP) is 0.441. The molecule has 98 valence electrons. The van der Waals surface area contributed by atoms with Gasteiger partial charge in [-0.25, -0.2) is 0 Å². The normalized spacial score (nSPS) is 24.4. The van der Waals surface area contributed by atoms with E-state index in [1.54, 1.807) is 13.0 Å². The number of nitro groups is 1. The summed E-state index contributed by atoms with van der Waals surface area (Å²) in [6.07, 6.45) is -1.46. The molecule has 0 radical (unpaired) electrons. The highest BCUT2D eigenvalue weighted by atomic mass is 16.6. The first kappa shape index (κ1) is 12.9. The Morgan fingerprint density at radius 3 is 2.56 bits per heavy atom. The minimum absolute atomic E-state index is 0.104. The molecule has 1 aliphatic heterocycles. The first-order chi connectivity index (χ1) is 8.49. The van der Waals surface area contributed by atoms with Gasteiger partial charge in [-0.1, -0.05) is 12.1 Å². The summed E-state index contributed by atoms with van der Waals surface area (Å²) in [4.78, 5) is 12.3. The lowest BCUT2D eigenvalue weighted by molar-refractivity contribution is -0.385. The Kier molecular flexibility index (Phi) is 3.60. The predicted molar refractivity (Wildman–Crippen MR) is 65.1 cm³/mol. The fraction of sp³-hybridized carbons (Fsp3) is 0.500. The minimum atomic E-state index is -0.732. The van der Waals surface area contributed by atoms with Gasteiger partial charge in [0, 0.05) is 31.3 Å². The Balaban J connectivity index is 2.15. The number of β-amino-alcohol motifs (C(OH)–C–C–N with tert-alkyl or cyclic N) is 2. The van der Waals surface area contributed by atoms with Gasteiger partial charge >= 0.3 is 0 Å². The zero-order chi connectivity index (χ0) is 13.3. The summed E-state index contributed by atoms with van der Waals surface area (Å²) < 4.78 is 0. The zero-order valence-corrected chi connectivity index (χ0v) is 10.1. The van der Waals surface area contributed by atoms with E-state index in [0.29, 0.717) is 25.2 Å². The summed E-state index contributed by atoms with van der Waals surface area (Å²) in [6, 6.07) is 4.97. The van der Waals surface area contributed by atoms with Crippen LogP contribution in [0, 0.1) is 17.0 Å². The maximum absolute atomic E-state index is 10.8. The average molecular weight is 252 g/mol. The number of aliphatic hydroxyl groups excluding tert-OH is 2. The number of nitro benzene ring substituents is 1. The van der Waals surface area contributed by atoms with Gasteiger partial charge in [-0.2, -0.15) is 0 Å². The lowest BCUT2D eigenvalue weighted by Gasteiger charge is -2.16. The number of nitrogens with zero attached hydrogens (tertiary/aromatic N) is 2. The first-order valence-electron chi connectivity index (χ1n) is 5.80. The van der Waals surface area contributed by atoms with E-state index in [-0.39, 0.29) is 5.69 Å². The minimum Gasteiger partial charge on any atom is -0.389 e. The van der Waals surface area contributed by atoms with Crippen molar-refractivity contribution in [3.8, 4) is 0 Å². The second-order valence-corrected chi connectivity index (χ2v) is 4.65. The monoisotopic (exact) mass is 252 g/mol. The third kappa shape index (κ3) is 2.50. The number of aliphatic hydroxyl groups is 2. The summed E-state index contributed by atoms with van der Waals surface area (Å²) >= 11 is 0. The third-order valence-corrected chi connectivity index (χ3v) is 3.34. The number of likely N-dealkylation sites (tertiary alicyclic amines) is 1. The molecule has 0 saturated carbocycles. The van der Waals surface area contributed by atoms with Crippen LogP contribution in [0.15, 0.2) is 18.2 Å².